The van der Waals surface area contributed by atoms with Gasteiger partial charge in [0.15, 0.2) is 0 Å². The van der Waals surface area contributed by atoms with E-state index in [4.69, 9.17) is 14.4 Å². The number of carbonyl (C=O) groups excluding carboxylic acids is 1. The molecular formula is C25H31N5O6S. The first-order chi connectivity index (χ1) is 17.7. The maximum Gasteiger partial charge on any atom is 0.258 e. The fourth-order valence-corrected chi connectivity index (χ4v) is 5.54. The van der Waals surface area contributed by atoms with E-state index in [-0.39, 0.29) is 19.3 Å². The van der Waals surface area contributed by atoms with E-state index in [1.807, 2.05) is 57.3 Å². The highest BCUT2D eigenvalue weighted by molar-refractivity contribution is 7.90. The number of sulfonamides is 1. The Morgan fingerprint density at radius 3 is 2.81 bits per heavy atom. The molecule has 0 aliphatic heterocycles. The number of ether oxygens (including phenoxy) is 1. The number of nitrogens with one attached hydrogen (secondary N) is 3. The molecule has 0 spiro atoms. The molecule has 1 aromatic heterocycles. The van der Waals surface area contributed by atoms with Crippen LogP contribution in [0.15, 0.2) is 40.9 Å². The van der Waals surface area contributed by atoms with Gasteiger partial charge in [-0.1, -0.05) is 23.4 Å². The molecule has 0 bridgehead atoms. The Bertz CT molecular complexity index is 1370. The number of fused-ring (bicyclic) bond motifs is 1. The molecule has 0 fully saturated rings. The Balaban J connectivity index is 1.54. The molecule has 12 heteroatoms. The van der Waals surface area contributed by atoms with E-state index in [1.54, 1.807) is 0 Å². The van der Waals surface area contributed by atoms with Crippen molar-refractivity contribution in [3.8, 4) is 28.6 Å². The molecule has 1 amide bonds. The molecule has 0 radical (unpaired) electrons. The van der Waals surface area contributed by atoms with Gasteiger partial charge in [-0.25, -0.2) is 13.1 Å². The van der Waals surface area contributed by atoms with Crippen molar-refractivity contribution in [2.75, 3.05) is 31.3 Å². The van der Waals surface area contributed by atoms with Crippen molar-refractivity contribution in [2.45, 2.75) is 38.8 Å². The lowest BCUT2D eigenvalue weighted by atomic mass is 10.0. The van der Waals surface area contributed by atoms with Gasteiger partial charge in [-0.2, -0.15) is 4.98 Å². The van der Waals surface area contributed by atoms with Gasteiger partial charge in [0.2, 0.25) is 21.8 Å². The zero-order valence-corrected chi connectivity index (χ0v) is 21.8. The smallest absolute Gasteiger partial charge is 0.258 e. The van der Waals surface area contributed by atoms with E-state index < -0.39 is 27.7 Å². The van der Waals surface area contributed by atoms with Gasteiger partial charge in [-0.05, 0) is 56.0 Å². The van der Waals surface area contributed by atoms with Crippen LogP contribution in [-0.4, -0.2) is 61.6 Å². The summed E-state index contributed by atoms with van der Waals surface area (Å²) in [5.41, 5.74) is 4.05. The Morgan fingerprint density at radius 2 is 2.08 bits per heavy atom. The lowest BCUT2D eigenvalue weighted by molar-refractivity contribution is -0.118. The highest BCUT2D eigenvalue weighted by atomic mass is 32.2. The van der Waals surface area contributed by atoms with Gasteiger partial charge in [0.25, 0.3) is 5.89 Å². The van der Waals surface area contributed by atoms with E-state index in [0.717, 1.165) is 33.7 Å². The van der Waals surface area contributed by atoms with Gasteiger partial charge < -0.3 is 25.0 Å². The number of amides is 1. The largest absolute Gasteiger partial charge is 0.489 e. The third kappa shape index (κ3) is 6.27. The second kappa shape index (κ2) is 11.3. The summed E-state index contributed by atoms with van der Waals surface area (Å²) in [5, 5.41) is 18.5. The fourth-order valence-electron chi connectivity index (χ4n) is 4.33. The molecular weight excluding hydrogens is 498 g/mol. The minimum Gasteiger partial charge on any atom is -0.489 e. The molecule has 37 heavy (non-hydrogen) atoms. The summed E-state index contributed by atoms with van der Waals surface area (Å²) >= 11 is 0. The summed E-state index contributed by atoms with van der Waals surface area (Å²) in [6.45, 7) is 3.66. The van der Waals surface area contributed by atoms with Gasteiger partial charge >= 0.3 is 0 Å². The summed E-state index contributed by atoms with van der Waals surface area (Å²) in [6.07, 6.45) is 1.19. The first kappa shape index (κ1) is 26.6. The lowest BCUT2D eigenvalue weighted by Gasteiger charge is -2.15. The molecule has 2 aromatic carbocycles. The highest BCUT2D eigenvalue weighted by Crippen LogP contribution is 2.38. The van der Waals surface area contributed by atoms with Crippen molar-refractivity contribution >= 4 is 21.6 Å². The van der Waals surface area contributed by atoms with Crippen LogP contribution in [0.5, 0.6) is 5.75 Å². The molecule has 4 rings (SSSR count). The number of hydrogen-bond donors (Lipinski definition) is 4. The van der Waals surface area contributed by atoms with Crippen LogP contribution in [0.1, 0.15) is 37.4 Å². The van der Waals surface area contributed by atoms with Crippen molar-refractivity contribution < 1.29 is 27.6 Å². The summed E-state index contributed by atoms with van der Waals surface area (Å²) in [7, 11) is -2.06. The Kier molecular flexibility index (Phi) is 8.10. The standard InChI is InChI=1S/C25H31N5O6S/c1-15(2)35-22-10-7-16(13-21(22)26-3)25-28-24(29-36-25)19-6-4-5-18-17(19)8-9-20(18)30-37(33,34)14-23(32)27-11-12-31/h4-7,10,13,15,20,26,30-31H,8-9,11-12,14H2,1-3H3,(H,27,32). The molecule has 11 nitrogen and oxygen atoms in total. The summed E-state index contributed by atoms with van der Waals surface area (Å²) in [4.78, 5) is 16.4. The van der Waals surface area contributed by atoms with Gasteiger partial charge in [0.05, 0.1) is 18.4 Å². The average molecular weight is 530 g/mol. The van der Waals surface area contributed by atoms with Crippen LogP contribution in [0.3, 0.4) is 0 Å². The number of aromatic nitrogens is 2. The number of hydrogen-bond acceptors (Lipinski definition) is 9. The third-order valence-electron chi connectivity index (χ3n) is 5.87. The molecule has 198 valence electrons. The van der Waals surface area contributed by atoms with Crippen LogP contribution >= 0.6 is 0 Å². The number of rotatable bonds is 11. The highest BCUT2D eigenvalue weighted by Gasteiger charge is 2.30. The molecule has 0 saturated heterocycles. The van der Waals surface area contributed by atoms with Crippen LogP contribution in [0, 0.1) is 0 Å². The number of nitrogens with zero attached hydrogens (tertiary/aromatic N) is 2. The minimum absolute atomic E-state index is 0.00278. The number of carbonyl (C=O) groups is 1. The van der Waals surface area contributed by atoms with E-state index in [1.165, 1.54) is 0 Å². The summed E-state index contributed by atoms with van der Waals surface area (Å²) in [5.74, 6) is 0.110. The zero-order valence-electron chi connectivity index (χ0n) is 20.9. The van der Waals surface area contributed by atoms with Gasteiger partial charge in [0.1, 0.15) is 11.5 Å². The normalized spacial score (nSPS) is 15.0. The molecule has 1 aliphatic rings. The van der Waals surface area contributed by atoms with Crippen molar-refractivity contribution in [1.29, 1.82) is 0 Å². The van der Waals surface area contributed by atoms with E-state index >= 15 is 0 Å². The molecule has 1 aliphatic carbocycles. The monoisotopic (exact) mass is 529 g/mol. The molecule has 0 saturated carbocycles. The predicted octanol–water partition coefficient (Wildman–Crippen LogP) is 2.25. The maximum absolute atomic E-state index is 12.5. The molecule has 1 unspecified atom stereocenters. The van der Waals surface area contributed by atoms with Crippen LogP contribution in [-0.2, 0) is 21.2 Å². The van der Waals surface area contributed by atoms with Gasteiger partial charge in [-0.3, -0.25) is 4.79 Å². The Hall–Kier alpha value is -3.48. The summed E-state index contributed by atoms with van der Waals surface area (Å²) in [6, 6.07) is 10.7. The van der Waals surface area contributed by atoms with Gasteiger partial charge in [0, 0.05) is 30.8 Å². The number of anilines is 1. The number of aliphatic hydroxyl groups excluding tert-OH is 1. The van der Waals surface area contributed by atoms with E-state index in [9.17, 15) is 13.2 Å². The summed E-state index contributed by atoms with van der Waals surface area (Å²) < 4.78 is 39.1. The van der Waals surface area contributed by atoms with Crippen molar-refractivity contribution in [3.63, 3.8) is 0 Å². The number of aliphatic hydroxyl groups is 1. The Morgan fingerprint density at radius 1 is 1.27 bits per heavy atom. The second-order valence-corrected chi connectivity index (χ2v) is 10.7. The van der Waals surface area contributed by atoms with Crippen LogP contribution < -0.4 is 20.1 Å². The first-order valence-corrected chi connectivity index (χ1v) is 13.7. The average Bonchev–Trinajstić information content (AvgIpc) is 3.50. The zero-order chi connectivity index (χ0) is 26.6. The first-order valence-electron chi connectivity index (χ1n) is 12.0. The minimum atomic E-state index is -3.87. The van der Waals surface area contributed by atoms with Crippen molar-refractivity contribution in [3.05, 3.63) is 47.5 Å². The maximum atomic E-state index is 12.5. The molecule has 1 heterocycles. The quantitative estimate of drug-likeness (QED) is 0.293. The molecule has 3 aromatic rings. The van der Waals surface area contributed by atoms with Gasteiger partial charge in [-0.15, -0.1) is 0 Å². The topological polar surface area (TPSA) is 156 Å². The SMILES string of the molecule is CNc1cc(-c2nc(-c3cccc4c3CCC4NS(=O)(=O)CC(=O)NCCO)no2)ccc1OC(C)C. The van der Waals surface area contributed by atoms with Crippen LogP contribution in [0.25, 0.3) is 22.8 Å². The number of benzene rings is 2. The van der Waals surface area contributed by atoms with Crippen LogP contribution in [0.2, 0.25) is 0 Å². The lowest BCUT2D eigenvalue weighted by Crippen LogP contribution is -2.38. The second-order valence-electron chi connectivity index (χ2n) is 8.97. The molecule has 4 N–H and O–H groups in total. The fraction of sp³-hybridized carbons (Fsp3) is 0.400. The van der Waals surface area contributed by atoms with Crippen molar-refractivity contribution in [1.82, 2.24) is 20.2 Å². The predicted molar refractivity (Wildman–Crippen MR) is 139 cm³/mol. The van der Waals surface area contributed by atoms with E-state index in [2.05, 4.69) is 25.5 Å². The van der Waals surface area contributed by atoms with E-state index in [0.29, 0.717) is 24.6 Å². The van der Waals surface area contributed by atoms with Crippen LogP contribution in [0.4, 0.5) is 5.69 Å². The van der Waals surface area contributed by atoms with Crippen molar-refractivity contribution in [2.24, 2.45) is 0 Å². The Labute approximate surface area is 215 Å². The third-order valence-corrected chi connectivity index (χ3v) is 7.16. The molecule has 1 atom stereocenters.